The van der Waals surface area contributed by atoms with E-state index in [2.05, 4.69) is 0 Å². The van der Waals surface area contributed by atoms with Gasteiger partial charge in [-0.3, -0.25) is 4.84 Å². The Morgan fingerprint density at radius 3 is 2.15 bits per heavy atom. The summed E-state index contributed by atoms with van der Waals surface area (Å²) >= 11 is 0. The van der Waals surface area contributed by atoms with E-state index in [1.165, 1.54) is 5.06 Å². The number of ether oxygens (including phenoxy) is 1. The molecule has 0 aromatic rings. The number of hydrogen-bond donors (Lipinski definition) is 2. The van der Waals surface area contributed by atoms with Crippen LogP contribution in [0.25, 0.3) is 0 Å². The van der Waals surface area contributed by atoms with Gasteiger partial charge in [0.25, 0.3) is 0 Å². The maximum atomic E-state index is 8.63. The Labute approximate surface area is 78.8 Å². The first kappa shape index (κ1) is 12.8. The summed E-state index contributed by atoms with van der Waals surface area (Å²) in [5.41, 5.74) is 0. The summed E-state index contributed by atoms with van der Waals surface area (Å²) in [6.07, 6.45) is 0. The summed E-state index contributed by atoms with van der Waals surface area (Å²) in [5.74, 6) is 0. The van der Waals surface area contributed by atoms with Crippen LogP contribution in [0, 0.1) is 0 Å². The van der Waals surface area contributed by atoms with Gasteiger partial charge < -0.3 is 14.9 Å². The number of nitrogens with zero attached hydrogens (tertiary/aromatic N) is 1. The van der Waals surface area contributed by atoms with Gasteiger partial charge in [0.05, 0.1) is 26.4 Å². The van der Waals surface area contributed by atoms with Crippen molar-refractivity contribution in [3.8, 4) is 0 Å². The maximum absolute atomic E-state index is 8.63. The monoisotopic (exact) mass is 193 g/mol. The van der Waals surface area contributed by atoms with E-state index in [-0.39, 0.29) is 13.2 Å². The average Bonchev–Trinajstić information content (AvgIpc) is 2.13. The van der Waals surface area contributed by atoms with E-state index in [4.69, 9.17) is 19.8 Å². The van der Waals surface area contributed by atoms with Crippen LogP contribution in [-0.2, 0) is 9.57 Å². The molecule has 0 spiro atoms. The third kappa shape index (κ3) is 8.14. The minimum Gasteiger partial charge on any atom is -0.395 e. The zero-order chi connectivity index (χ0) is 9.94. The molecule has 0 aliphatic carbocycles. The molecule has 0 heterocycles. The van der Waals surface area contributed by atoms with Crippen molar-refractivity contribution >= 4 is 0 Å². The number of rotatable bonds is 9. The van der Waals surface area contributed by atoms with E-state index in [1.807, 2.05) is 6.92 Å². The molecule has 2 N–H and O–H groups in total. The minimum absolute atomic E-state index is 0.0225. The van der Waals surface area contributed by atoms with Gasteiger partial charge in [-0.15, -0.1) is 0 Å². The highest BCUT2D eigenvalue weighted by atomic mass is 16.7. The molecule has 0 fully saturated rings. The van der Waals surface area contributed by atoms with E-state index in [0.29, 0.717) is 32.9 Å². The summed E-state index contributed by atoms with van der Waals surface area (Å²) in [4.78, 5) is 5.21. The third-order valence-corrected chi connectivity index (χ3v) is 1.40. The molecule has 0 saturated heterocycles. The highest BCUT2D eigenvalue weighted by molar-refractivity contribution is 4.42. The number of hydroxylamine groups is 2. The normalized spacial score (nSPS) is 11.1. The molecule has 0 unspecified atom stereocenters. The van der Waals surface area contributed by atoms with Crippen LogP contribution in [0.5, 0.6) is 0 Å². The van der Waals surface area contributed by atoms with E-state index in [1.54, 1.807) is 0 Å². The second kappa shape index (κ2) is 9.88. The molecule has 0 atom stereocenters. The molecule has 0 aliphatic rings. The topological polar surface area (TPSA) is 62.2 Å². The molecule has 0 aromatic heterocycles. The van der Waals surface area contributed by atoms with Crippen LogP contribution in [0.1, 0.15) is 6.92 Å². The maximum Gasteiger partial charge on any atom is 0.0918 e. The first-order valence-electron chi connectivity index (χ1n) is 4.52. The van der Waals surface area contributed by atoms with Gasteiger partial charge in [-0.2, -0.15) is 5.06 Å². The predicted molar refractivity (Wildman–Crippen MR) is 48.2 cm³/mol. The lowest BCUT2D eigenvalue weighted by Crippen LogP contribution is -2.31. The Hall–Kier alpha value is -0.200. The van der Waals surface area contributed by atoms with Crippen molar-refractivity contribution < 1.29 is 19.8 Å². The molecular formula is C8H19NO4. The van der Waals surface area contributed by atoms with Crippen molar-refractivity contribution in [1.82, 2.24) is 5.06 Å². The van der Waals surface area contributed by atoms with Crippen LogP contribution in [-0.4, -0.2) is 61.4 Å². The first-order chi connectivity index (χ1) is 6.35. The molecule has 0 radical (unpaired) electrons. The van der Waals surface area contributed by atoms with Crippen molar-refractivity contribution in [1.29, 1.82) is 0 Å². The highest BCUT2D eigenvalue weighted by Gasteiger charge is 2.02. The quantitative estimate of drug-likeness (QED) is 0.372. The first-order valence-corrected chi connectivity index (χ1v) is 4.52. The van der Waals surface area contributed by atoms with Crippen LogP contribution >= 0.6 is 0 Å². The summed E-state index contributed by atoms with van der Waals surface area (Å²) < 4.78 is 5.06. The van der Waals surface area contributed by atoms with E-state index < -0.39 is 0 Å². The molecule has 0 amide bonds. The molecule has 0 saturated carbocycles. The van der Waals surface area contributed by atoms with Crippen molar-refractivity contribution in [2.24, 2.45) is 0 Å². The Bertz CT molecular complexity index is 96.1. The lowest BCUT2D eigenvalue weighted by atomic mass is 10.6. The smallest absolute Gasteiger partial charge is 0.0918 e. The lowest BCUT2D eigenvalue weighted by molar-refractivity contribution is -0.177. The van der Waals surface area contributed by atoms with Gasteiger partial charge >= 0.3 is 0 Å². The van der Waals surface area contributed by atoms with Crippen LogP contribution in [0.15, 0.2) is 0 Å². The van der Waals surface area contributed by atoms with Crippen molar-refractivity contribution in [3.63, 3.8) is 0 Å². The zero-order valence-electron chi connectivity index (χ0n) is 8.11. The van der Waals surface area contributed by atoms with Crippen LogP contribution in [0.3, 0.4) is 0 Å². The largest absolute Gasteiger partial charge is 0.395 e. The molecule has 5 nitrogen and oxygen atoms in total. The SMILES string of the molecule is CCOCCON(CCO)CCO. The third-order valence-electron chi connectivity index (χ3n) is 1.40. The number of aliphatic hydroxyl groups is 2. The molecule has 0 aliphatic heterocycles. The highest BCUT2D eigenvalue weighted by Crippen LogP contribution is 1.89. The predicted octanol–water partition coefficient (Wildman–Crippen LogP) is -0.759. The number of hydrogen-bond acceptors (Lipinski definition) is 5. The van der Waals surface area contributed by atoms with Gasteiger partial charge in [0.2, 0.25) is 0 Å². The van der Waals surface area contributed by atoms with E-state index in [0.717, 1.165) is 0 Å². The summed E-state index contributed by atoms with van der Waals surface area (Å²) in [6, 6.07) is 0. The lowest BCUT2D eigenvalue weighted by Gasteiger charge is -2.19. The van der Waals surface area contributed by atoms with Crippen LogP contribution in [0.2, 0.25) is 0 Å². The van der Waals surface area contributed by atoms with E-state index >= 15 is 0 Å². The fraction of sp³-hybridized carbons (Fsp3) is 1.00. The molecule has 80 valence electrons. The Morgan fingerprint density at radius 1 is 1.08 bits per heavy atom. The summed E-state index contributed by atoms with van der Waals surface area (Å²) in [6.45, 7) is 4.43. The molecule has 0 rings (SSSR count). The van der Waals surface area contributed by atoms with Crippen molar-refractivity contribution in [2.45, 2.75) is 6.92 Å². The molecule has 5 heteroatoms. The average molecular weight is 193 g/mol. The van der Waals surface area contributed by atoms with Gasteiger partial charge in [0.15, 0.2) is 0 Å². The van der Waals surface area contributed by atoms with Gasteiger partial charge in [-0.25, -0.2) is 0 Å². The Morgan fingerprint density at radius 2 is 1.69 bits per heavy atom. The fourth-order valence-electron chi connectivity index (χ4n) is 0.834. The summed E-state index contributed by atoms with van der Waals surface area (Å²) in [7, 11) is 0. The molecule has 0 aromatic carbocycles. The molecular weight excluding hydrogens is 174 g/mol. The van der Waals surface area contributed by atoms with Crippen molar-refractivity contribution in [2.75, 3.05) is 46.1 Å². The number of aliphatic hydroxyl groups excluding tert-OH is 2. The van der Waals surface area contributed by atoms with Gasteiger partial charge in [-0.05, 0) is 6.92 Å². The molecule has 13 heavy (non-hydrogen) atoms. The standard InChI is InChI=1S/C8H19NO4/c1-2-12-7-8-13-9(3-5-10)4-6-11/h10-11H,2-8H2,1H3. The van der Waals surface area contributed by atoms with Crippen LogP contribution in [0.4, 0.5) is 0 Å². The van der Waals surface area contributed by atoms with Crippen LogP contribution < -0.4 is 0 Å². The molecule has 0 bridgehead atoms. The second-order valence-corrected chi connectivity index (χ2v) is 2.41. The van der Waals surface area contributed by atoms with Gasteiger partial charge in [0, 0.05) is 19.7 Å². The fourth-order valence-corrected chi connectivity index (χ4v) is 0.834. The Balaban J connectivity index is 3.33. The van der Waals surface area contributed by atoms with E-state index in [9.17, 15) is 0 Å². The zero-order valence-corrected chi connectivity index (χ0v) is 8.11. The van der Waals surface area contributed by atoms with Gasteiger partial charge in [0.1, 0.15) is 0 Å². The Kier molecular flexibility index (Phi) is 9.73. The second-order valence-electron chi connectivity index (χ2n) is 2.41. The van der Waals surface area contributed by atoms with Crippen molar-refractivity contribution in [3.05, 3.63) is 0 Å². The van der Waals surface area contributed by atoms with Gasteiger partial charge in [-0.1, -0.05) is 0 Å². The summed E-state index contributed by atoms with van der Waals surface area (Å²) in [5, 5.41) is 18.8. The minimum atomic E-state index is 0.0225.